The van der Waals surface area contributed by atoms with Gasteiger partial charge >= 0.3 is 12.2 Å². The van der Waals surface area contributed by atoms with E-state index in [2.05, 4.69) is 22.6 Å². The van der Waals surface area contributed by atoms with Crippen LogP contribution in [0.5, 0.6) is 0 Å². The summed E-state index contributed by atoms with van der Waals surface area (Å²) in [6.07, 6.45) is 1.63. The molecule has 0 aromatic carbocycles. The van der Waals surface area contributed by atoms with E-state index >= 15 is 0 Å². The van der Waals surface area contributed by atoms with Crippen molar-refractivity contribution in [1.29, 1.82) is 0 Å². The number of nitrogens with zero attached hydrogens (tertiary/aromatic N) is 1. The molecule has 94 valence electrons. The molecular weight excluding hydrogens is 226 g/mol. The summed E-state index contributed by atoms with van der Waals surface area (Å²) in [7, 11) is 0. The number of carbonyl (C=O) groups is 2. The standard InChI is InChI=1S/C11H15NO5/c1-3-15-10(13)12-6-5-9(7-12)8-17-11(14)16-4-2/h3-4,9H,1-2,5-8H2. The van der Waals surface area contributed by atoms with E-state index in [0.29, 0.717) is 13.1 Å². The maximum atomic E-state index is 11.3. The predicted octanol–water partition coefficient (Wildman–Crippen LogP) is 1.89. The molecule has 0 bridgehead atoms. The Labute approximate surface area is 99.4 Å². The minimum Gasteiger partial charge on any atom is -0.434 e. The van der Waals surface area contributed by atoms with Gasteiger partial charge in [-0.2, -0.15) is 0 Å². The molecule has 1 fully saturated rings. The van der Waals surface area contributed by atoms with Crippen LogP contribution in [-0.2, 0) is 14.2 Å². The summed E-state index contributed by atoms with van der Waals surface area (Å²) in [6, 6.07) is 0. The Balaban J connectivity index is 2.26. The molecule has 1 heterocycles. The molecule has 0 saturated carbocycles. The van der Waals surface area contributed by atoms with Gasteiger partial charge in [-0.25, -0.2) is 9.59 Å². The first-order valence-corrected chi connectivity index (χ1v) is 5.18. The van der Waals surface area contributed by atoms with Crippen molar-refractivity contribution in [2.45, 2.75) is 6.42 Å². The third-order valence-electron chi connectivity index (χ3n) is 2.34. The van der Waals surface area contributed by atoms with Gasteiger partial charge in [0.1, 0.15) is 0 Å². The molecule has 1 atom stereocenters. The first kappa shape index (κ1) is 13.1. The van der Waals surface area contributed by atoms with Crippen LogP contribution in [0.15, 0.2) is 25.7 Å². The number of hydrogen-bond donors (Lipinski definition) is 0. The highest BCUT2D eigenvalue weighted by molar-refractivity contribution is 5.68. The second kappa shape index (κ2) is 6.57. The van der Waals surface area contributed by atoms with Crippen LogP contribution in [-0.4, -0.2) is 36.8 Å². The van der Waals surface area contributed by atoms with Crippen molar-refractivity contribution in [2.24, 2.45) is 5.92 Å². The third-order valence-corrected chi connectivity index (χ3v) is 2.34. The van der Waals surface area contributed by atoms with Crippen LogP contribution in [0.4, 0.5) is 9.59 Å². The molecule has 1 rings (SSSR count). The van der Waals surface area contributed by atoms with Gasteiger partial charge < -0.3 is 19.1 Å². The highest BCUT2D eigenvalue weighted by Gasteiger charge is 2.27. The number of ether oxygens (including phenoxy) is 3. The van der Waals surface area contributed by atoms with Gasteiger partial charge in [0.25, 0.3) is 0 Å². The van der Waals surface area contributed by atoms with Crippen LogP contribution >= 0.6 is 0 Å². The van der Waals surface area contributed by atoms with Crippen LogP contribution in [0.2, 0.25) is 0 Å². The molecule has 0 aromatic rings. The lowest BCUT2D eigenvalue weighted by Crippen LogP contribution is -2.28. The first-order valence-electron chi connectivity index (χ1n) is 5.18. The highest BCUT2D eigenvalue weighted by atomic mass is 16.7. The van der Waals surface area contributed by atoms with Gasteiger partial charge in [0, 0.05) is 19.0 Å². The molecule has 17 heavy (non-hydrogen) atoms. The fourth-order valence-electron chi connectivity index (χ4n) is 1.57. The lowest BCUT2D eigenvalue weighted by atomic mass is 10.1. The van der Waals surface area contributed by atoms with Crippen LogP contribution in [0.1, 0.15) is 6.42 Å². The van der Waals surface area contributed by atoms with E-state index in [0.717, 1.165) is 18.9 Å². The third kappa shape index (κ3) is 4.18. The second-order valence-corrected chi connectivity index (χ2v) is 3.50. The molecular formula is C11H15NO5. The Morgan fingerprint density at radius 3 is 2.65 bits per heavy atom. The SMILES string of the molecule is C=COC(=O)OCC1CCN(C(=O)OC=C)C1. The molecule has 0 radical (unpaired) electrons. The molecule has 1 unspecified atom stereocenters. The van der Waals surface area contributed by atoms with Crippen LogP contribution in [0, 0.1) is 5.92 Å². The Morgan fingerprint density at radius 2 is 2.00 bits per heavy atom. The Kier molecular flexibility index (Phi) is 5.06. The zero-order valence-corrected chi connectivity index (χ0v) is 9.46. The smallest absolute Gasteiger partial charge is 0.434 e. The van der Waals surface area contributed by atoms with Gasteiger partial charge in [0.15, 0.2) is 0 Å². The number of amides is 1. The lowest BCUT2D eigenvalue weighted by Gasteiger charge is -2.14. The van der Waals surface area contributed by atoms with Crippen molar-refractivity contribution >= 4 is 12.2 Å². The molecule has 0 N–H and O–H groups in total. The normalized spacial score (nSPS) is 18.4. The van der Waals surface area contributed by atoms with E-state index in [1.165, 1.54) is 4.90 Å². The summed E-state index contributed by atoms with van der Waals surface area (Å²) >= 11 is 0. The monoisotopic (exact) mass is 241 g/mol. The van der Waals surface area contributed by atoms with Gasteiger partial charge in [-0.3, -0.25) is 0 Å². The minimum atomic E-state index is -0.785. The number of hydrogen-bond acceptors (Lipinski definition) is 5. The van der Waals surface area contributed by atoms with Gasteiger partial charge in [-0.1, -0.05) is 13.2 Å². The van der Waals surface area contributed by atoms with Crippen LogP contribution in [0.3, 0.4) is 0 Å². The molecule has 0 spiro atoms. The van der Waals surface area contributed by atoms with Crippen molar-refractivity contribution in [3.63, 3.8) is 0 Å². The zero-order valence-electron chi connectivity index (χ0n) is 9.46. The van der Waals surface area contributed by atoms with Crippen molar-refractivity contribution in [2.75, 3.05) is 19.7 Å². The molecule has 1 aliphatic heterocycles. The maximum Gasteiger partial charge on any atom is 0.513 e. The van der Waals surface area contributed by atoms with Crippen LogP contribution in [0.25, 0.3) is 0 Å². The molecule has 1 aliphatic rings. The number of carbonyl (C=O) groups excluding carboxylic acids is 2. The van der Waals surface area contributed by atoms with Crippen molar-refractivity contribution < 1.29 is 23.8 Å². The summed E-state index contributed by atoms with van der Waals surface area (Å²) < 4.78 is 13.9. The summed E-state index contributed by atoms with van der Waals surface area (Å²) in [5, 5.41) is 0. The largest absolute Gasteiger partial charge is 0.513 e. The predicted molar refractivity (Wildman–Crippen MR) is 59.0 cm³/mol. The Bertz CT molecular complexity index is 315. The van der Waals surface area contributed by atoms with Crippen LogP contribution < -0.4 is 0 Å². The van der Waals surface area contributed by atoms with E-state index < -0.39 is 12.2 Å². The Hall–Kier alpha value is -1.98. The lowest BCUT2D eigenvalue weighted by molar-refractivity contribution is 0.0718. The van der Waals surface area contributed by atoms with Crippen molar-refractivity contribution in [1.82, 2.24) is 4.90 Å². The number of rotatable bonds is 4. The molecule has 6 heteroatoms. The minimum absolute atomic E-state index is 0.102. The molecule has 6 nitrogen and oxygen atoms in total. The topological polar surface area (TPSA) is 65.1 Å². The molecule has 0 aromatic heterocycles. The molecule has 1 amide bonds. The van der Waals surface area contributed by atoms with E-state index in [1.54, 1.807) is 0 Å². The second-order valence-electron chi connectivity index (χ2n) is 3.50. The van der Waals surface area contributed by atoms with E-state index in [-0.39, 0.29) is 12.5 Å². The summed E-state index contributed by atoms with van der Waals surface area (Å²) in [5.41, 5.74) is 0. The molecule has 0 aliphatic carbocycles. The van der Waals surface area contributed by atoms with E-state index in [9.17, 15) is 9.59 Å². The summed E-state index contributed by atoms with van der Waals surface area (Å²) in [4.78, 5) is 23.7. The maximum absolute atomic E-state index is 11.3. The zero-order chi connectivity index (χ0) is 12.7. The first-order chi connectivity index (χ1) is 8.17. The average molecular weight is 241 g/mol. The van der Waals surface area contributed by atoms with E-state index in [1.807, 2.05) is 0 Å². The fraction of sp³-hybridized carbons (Fsp3) is 0.455. The number of likely N-dealkylation sites (tertiary alicyclic amines) is 1. The fourth-order valence-corrected chi connectivity index (χ4v) is 1.57. The summed E-state index contributed by atoms with van der Waals surface area (Å²) in [6.45, 7) is 7.83. The molecule has 1 saturated heterocycles. The quantitative estimate of drug-likeness (QED) is 0.555. The van der Waals surface area contributed by atoms with Crippen molar-refractivity contribution in [3.05, 3.63) is 25.7 Å². The van der Waals surface area contributed by atoms with Gasteiger partial charge in [-0.05, 0) is 6.42 Å². The van der Waals surface area contributed by atoms with Gasteiger partial charge in [0.05, 0.1) is 19.1 Å². The average Bonchev–Trinajstić information content (AvgIpc) is 2.76. The summed E-state index contributed by atoms with van der Waals surface area (Å²) in [5.74, 6) is 0.102. The van der Waals surface area contributed by atoms with Crippen molar-refractivity contribution in [3.8, 4) is 0 Å². The van der Waals surface area contributed by atoms with Gasteiger partial charge in [0.2, 0.25) is 0 Å². The Morgan fingerprint density at radius 1 is 1.29 bits per heavy atom. The highest BCUT2D eigenvalue weighted by Crippen LogP contribution is 2.17. The van der Waals surface area contributed by atoms with E-state index in [4.69, 9.17) is 4.74 Å². The van der Waals surface area contributed by atoms with Gasteiger partial charge in [-0.15, -0.1) is 0 Å².